The number of hydrogen-bond donors (Lipinski definition) is 0. The Hall–Kier alpha value is -3.09. The van der Waals surface area contributed by atoms with Crippen LogP contribution in [-0.4, -0.2) is 43.0 Å². The molecular weight excluding hydrogens is 292 g/mol. The minimum atomic E-state index is -0.0918. The Kier molecular flexibility index (Phi) is 4.37. The number of likely N-dealkylation sites (N-methyl/N-ethyl adjacent to an activating group) is 1. The molecular formula is C16H16N6O. The van der Waals surface area contributed by atoms with Crippen molar-refractivity contribution < 1.29 is 4.79 Å². The quantitative estimate of drug-likeness (QED) is 0.712. The van der Waals surface area contributed by atoms with E-state index in [9.17, 15) is 4.79 Å². The highest BCUT2D eigenvalue weighted by Crippen LogP contribution is 2.11. The second-order valence-electron chi connectivity index (χ2n) is 5.12. The first-order valence-corrected chi connectivity index (χ1v) is 7.18. The number of carbonyl (C=O) groups is 1. The lowest BCUT2D eigenvalue weighted by Gasteiger charge is -2.16. The summed E-state index contributed by atoms with van der Waals surface area (Å²) >= 11 is 0. The summed E-state index contributed by atoms with van der Waals surface area (Å²) in [5.41, 5.74) is 1.84. The van der Waals surface area contributed by atoms with Gasteiger partial charge in [0.15, 0.2) is 0 Å². The van der Waals surface area contributed by atoms with Gasteiger partial charge in [-0.15, -0.1) is 10.2 Å². The smallest absolute Gasteiger partial charge is 0.246 e. The minimum absolute atomic E-state index is 0.0522. The molecule has 1 amide bonds. The predicted molar refractivity (Wildman–Crippen MR) is 84.0 cm³/mol. The zero-order valence-corrected chi connectivity index (χ0v) is 12.7. The van der Waals surface area contributed by atoms with E-state index in [1.54, 1.807) is 24.3 Å². The molecule has 0 aliphatic rings. The molecule has 0 spiro atoms. The van der Waals surface area contributed by atoms with E-state index in [0.29, 0.717) is 12.4 Å². The Labute approximate surface area is 133 Å². The first kappa shape index (κ1) is 14.8. The van der Waals surface area contributed by atoms with Crippen molar-refractivity contribution in [2.45, 2.75) is 13.1 Å². The highest BCUT2D eigenvalue weighted by Gasteiger charge is 2.13. The summed E-state index contributed by atoms with van der Waals surface area (Å²) in [5.74, 6) is 0.416. The third-order valence-corrected chi connectivity index (χ3v) is 3.33. The van der Waals surface area contributed by atoms with Crippen molar-refractivity contribution in [3.63, 3.8) is 0 Å². The van der Waals surface area contributed by atoms with E-state index >= 15 is 0 Å². The Bertz CT molecular complexity index is 772. The zero-order valence-electron chi connectivity index (χ0n) is 12.7. The van der Waals surface area contributed by atoms with E-state index in [-0.39, 0.29) is 12.5 Å². The van der Waals surface area contributed by atoms with Crippen LogP contribution in [0.15, 0.2) is 54.9 Å². The van der Waals surface area contributed by atoms with Crippen LogP contribution in [-0.2, 0) is 17.9 Å². The molecule has 0 radical (unpaired) electrons. The highest BCUT2D eigenvalue weighted by atomic mass is 16.2. The van der Waals surface area contributed by atoms with Crippen molar-refractivity contribution >= 4 is 5.91 Å². The molecule has 3 aromatic rings. The van der Waals surface area contributed by atoms with E-state index in [0.717, 1.165) is 11.1 Å². The molecule has 0 unspecified atom stereocenters. The van der Waals surface area contributed by atoms with Crippen molar-refractivity contribution in [3.8, 4) is 11.4 Å². The Morgan fingerprint density at radius 2 is 2.00 bits per heavy atom. The van der Waals surface area contributed by atoms with Gasteiger partial charge >= 0.3 is 0 Å². The Morgan fingerprint density at radius 1 is 1.17 bits per heavy atom. The second kappa shape index (κ2) is 6.78. The topological polar surface area (TPSA) is 76.8 Å². The fraction of sp³-hybridized carbons (Fsp3) is 0.188. The average Bonchev–Trinajstić information content (AvgIpc) is 3.05. The summed E-state index contributed by atoms with van der Waals surface area (Å²) < 4.78 is 0. The van der Waals surface area contributed by atoms with Gasteiger partial charge in [-0.3, -0.25) is 9.78 Å². The number of amides is 1. The molecule has 23 heavy (non-hydrogen) atoms. The van der Waals surface area contributed by atoms with Gasteiger partial charge in [0.05, 0.1) is 0 Å². The summed E-state index contributed by atoms with van der Waals surface area (Å²) in [6, 6.07) is 13.3. The van der Waals surface area contributed by atoms with Crippen molar-refractivity contribution in [1.29, 1.82) is 0 Å². The number of aromatic nitrogens is 5. The van der Waals surface area contributed by atoms with Crippen LogP contribution in [0.3, 0.4) is 0 Å². The van der Waals surface area contributed by atoms with Crippen molar-refractivity contribution in [3.05, 3.63) is 60.4 Å². The zero-order chi connectivity index (χ0) is 16.1. The monoisotopic (exact) mass is 308 g/mol. The minimum Gasteiger partial charge on any atom is -0.340 e. The van der Waals surface area contributed by atoms with E-state index < -0.39 is 0 Å². The predicted octanol–water partition coefficient (Wildman–Crippen LogP) is 1.39. The molecule has 0 saturated heterocycles. The van der Waals surface area contributed by atoms with Gasteiger partial charge in [0.25, 0.3) is 0 Å². The van der Waals surface area contributed by atoms with Crippen LogP contribution < -0.4 is 0 Å². The first-order valence-electron chi connectivity index (χ1n) is 7.18. The van der Waals surface area contributed by atoms with Crippen LogP contribution in [0.2, 0.25) is 0 Å². The summed E-state index contributed by atoms with van der Waals surface area (Å²) in [7, 11) is 1.74. The number of hydrogen-bond acceptors (Lipinski definition) is 5. The molecule has 2 aromatic heterocycles. The van der Waals surface area contributed by atoms with Crippen molar-refractivity contribution in [1.82, 2.24) is 30.1 Å². The molecule has 0 atom stereocenters. The van der Waals surface area contributed by atoms with E-state index in [1.165, 1.54) is 4.80 Å². The van der Waals surface area contributed by atoms with Gasteiger partial charge in [0.2, 0.25) is 11.7 Å². The maximum absolute atomic E-state index is 12.2. The third-order valence-electron chi connectivity index (χ3n) is 3.33. The molecule has 0 bridgehead atoms. The molecule has 0 aliphatic heterocycles. The molecule has 0 aliphatic carbocycles. The fourth-order valence-electron chi connectivity index (χ4n) is 2.11. The van der Waals surface area contributed by atoms with Crippen LogP contribution in [0, 0.1) is 0 Å². The number of tetrazole rings is 1. The molecule has 116 valence electrons. The fourth-order valence-corrected chi connectivity index (χ4v) is 2.11. The van der Waals surface area contributed by atoms with Gasteiger partial charge in [-0.2, -0.15) is 4.80 Å². The second-order valence-corrected chi connectivity index (χ2v) is 5.12. The maximum atomic E-state index is 12.2. The van der Waals surface area contributed by atoms with Crippen LogP contribution in [0.5, 0.6) is 0 Å². The first-order chi connectivity index (χ1) is 11.2. The largest absolute Gasteiger partial charge is 0.340 e. The molecule has 7 heteroatoms. The summed E-state index contributed by atoms with van der Waals surface area (Å²) in [6.45, 7) is 0.545. The maximum Gasteiger partial charge on any atom is 0.246 e. The standard InChI is InChI=1S/C16H16N6O/c1-21(11-13-6-5-9-17-10-13)15(23)12-22-19-16(18-20-22)14-7-3-2-4-8-14/h2-10H,11-12H2,1H3. The van der Waals surface area contributed by atoms with Gasteiger partial charge in [-0.1, -0.05) is 36.4 Å². The lowest BCUT2D eigenvalue weighted by Crippen LogP contribution is -2.30. The normalized spacial score (nSPS) is 10.5. The van der Waals surface area contributed by atoms with Crippen molar-refractivity contribution in [2.24, 2.45) is 0 Å². The van der Waals surface area contributed by atoms with Gasteiger partial charge in [0, 0.05) is 31.5 Å². The van der Waals surface area contributed by atoms with E-state index in [2.05, 4.69) is 20.4 Å². The van der Waals surface area contributed by atoms with Crippen LogP contribution in [0.1, 0.15) is 5.56 Å². The van der Waals surface area contributed by atoms with Crippen LogP contribution in [0.4, 0.5) is 0 Å². The van der Waals surface area contributed by atoms with Gasteiger partial charge < -0.3 is 4.90 Å². The molecule has 2 heterocycles. The number of rotatable bonds is 5. The Morgan fingerprint density at radius 3 is 2.74 bits per heavy atom. The van der Waals surface area contributed by atoms with Crippen LogP contribution >= 0.6 is 0 Å². The molecule has 0 fully saturated rings. The number of nitrogens with zero attached hydrogens (tertiary/aromatic N) is 6. The molecule has 1 aromatic carbocycles. The molecule has 3 rings (SSSR count). The molecule has 0 N–H and O–H groups in total. The highest BCUT2D eigenvalue weighted by molar-refractivity contribution is 5.75. The average molecular weight is 308 g/mol. The SMILES string of the molecule is CN(Cc1cccnc1)C(=O)Cn1nnc(-c2ccccc2)n1. The summed E-state index contributed by atoms with van der Waals surface area (Å²) in [6.07, 6.45) is 3.45. The van der Waals surface area contributed by atoms with Crippen LogP contribution in [0.25, 0.3) is 11.4 Å². The van der Waals surface area contributed by atoms with Crippen molar-refractivity contribution in [2.75, 3.05) is 7.05 Å². The summed E-state index contributed by atoms with van der Waals surface area (Å²) in [4.78, 5) is 19.2. The lowest BCUT2D eigenvalue weighted by atomic mass is 10.2. The third kappa shape index (κ3) is 3.76. The lowest BCUT2D eigenvalue weighted by molar-refractivity contribution is -0.131. The molecule has 7 nitrogen and oxygen atoms in total. The van der Waals surface area contributed by atoms with E-state index in [1.807, 2.05) is 42.5 Å². The summed E-state index contributed by atoms with van der Waals surface area (Å²) in [5, 5.41) is 12.2. The van der Waals surface area contributed by atoms with Gasteiger partial charge in [-0.25, -0.2) is 0 Å². The van der Waals surface area contributed by atoms with Gasteiger partial charge in [-0.05, 0) is 16.8 Å². The number of carbonyl (C=O) groups excluding carboxylic acids is 1. The number of benzene rings is 1. The Balaban J connectivity index is 1.63. The molecule has 0 saturated carbocycles. The number of pyridine rings is 1. The van der Waals surface area contributed by atoms with Gasteiger partial charge in [0.1, 0.15) is 6.54 Å². The van der Waals surface area contributed by atoms with E-state index in [4.69, 9.17) is 0 Å².